The van der Waals surface area contributed by atoms with Gasteiger partial charge in [0.15, 0.2) is 5.78 Å². The van der Waals surface area contributed by atoms with Gasteiger partial charge in [-0.1, -0.05) is 36.4 Å². The van der Waals surface area contributed by atoms with Crippen molar-refractivity contribution in [2.45, 2.75) is 18.8 Å². The Bertz CT molecular complexity index is 786. The second kappa shape index (κ2) is 5.38. The Morgan fingerprint density at radius 1 is 1.04 bits per heavy atom. The van der Waals surface area contributed by atoms with E-state index >= 15 is 0 Å². The highest BCUT2D eigenvalue weighted by atomic mass is 16.1. The minimum atomic E-state index is 0.212. The molecule has 0 saturated heterocycles. The van der Waals surface area contributed by atoms with Gasteiger partial charge in [-0.3, -0.25) is 4.79 Å². The summed E-state index contributed by atoms with van der Waals surface area (Å²) < 4.78 is 0. The minimum absolute atomic E-state index is 0.212. The lowest BCUT2D eigenvalue weighted by Gasteiger charge is -2.12. The number of benzene rings is 2. The van der Waals surface area contributed by atoms with Gasteiger partial charge in [0.25, 0.3) is 0 Å². The van der Waals surface area contributed by atoms with Crippen molar-refractivity contribution in [3.63, 3.8) is 0 Å². The molecule has 0 bridgehead atoms. The number of Topliss-reactive ketones (excluding diaryl/α,β-unsaturated/α-hetero) is 1. The van der Waals surface area contributed by atoms with E-state index < -0.39 is 0 Å². The summed E-state index contributed by atoms with van der Waals surface area (Å²) in [4.78, 5) is 15.0. The van der Waals surface area contributed by atoms with Gasteiger partial charge in [0.1, 0.15) is 0 Å². The molecule has 2 aromatic rings. The summed E-state index contributed by atoms with van der Waals surface area (Å²) in [7, 11) is 4.07. The first-order chi connectivity index (χ1) is 11.1. The van der Waals surface area contributed by atoms with Crippen LogP contribution in [0.3, 0.4) is 0 Å². The zero-order chi connectivity index (χ0) is 16.0. The molecule has 0 amide bonds. The van der Waals surface area contributed by atoms with Crippen molar-refractivity contribution in [2.75, 3.05) is 19.0 Å². The fraction of sp³-hybridized carbons (Fsp3) is 0.286. The topological polar surface area (TPSA) is 20.3 Å². The van der Waals surface area contributed by atoms with Crippen LogP contribution in [0.15, 0.2) is 54.1 Å². The van der Waals surface area contributed by atoms with Crippen LogP contribution in [0.25, 0.3) is 6.08 Å². The predicted octanol–water partition coefficient (Wildman–Crippen LogP) is 4.53. The summed E-state index contributed by atoms with van der Waals surface area (Å²) in [5.74, 6) is 1.46. The first-order valence-electron chi connectivity index (χ1n) is 8.25. The predicted molar refractivity (Wildman–Crippen MR) is 95.0 cm³/mol. The molecule has 0 heterocycles. The molecule has 0 spiro atoms. The van der Waals surface area contributed by atoms with E-state index in [1.165, 1.54) is 17.7 Å². The summed E-state index contributed by atoms with van der Waals surface area (Å²) >= 11 is 0. The van der Waals surface area contributed by atoms with Crippen LogP contribution < -0.4 is 4.90 Å². The molecule has 116 valence electrons. The molecular formula is C21H21NO. The van der Waals surface area contributed by atoms with E-state index in [9.17, 15) is 4.79 Å². The maximum atomic E-state index is 12.9. The number of hydrogen-bond acceptors (Lipinski definition) is 2. The van der Waals surface area contributed by atoms with Crippen LogP contribution in [-0.2, 0) is 0 Å². The number of fused-ring (bicyclic) bond motifs is 3. The first-order valence-corrected chi connectivity index (χ1v) is 8.25. The fourth-order valence-electron chi connectivity index (χ4n) is 3.62. The monoisotopic (exact) mass is 303 g/mol. The molecular weight excluding hydrogens is 282 g/mol. The van der Waals surface area contributed by atoms with Crippen molar-refractivity contribution in [3.8, 4) is 0 Å². The van der Waals surface area contributed by atoms with Gasteiger partial charge in [0.05, 0.1) is 0 Å². The van der Waals surface area contributed by atoms with Crippen molar-refractivity contribution < 1.29 is 4.79 Å². The molecule has 0 aromatic heterocycles. The minimum Gasteiger partial charge on any atom is -0.378 e. The average Bonchev–Trinajstić information content (AvgIpc) is 3.33. The summed E-state index contributed by atoms with van der Waals surface area (Å²) in [5.41, 5.74) is 5.41. The highest BCUT2D eigenvalue weighted by Crippen LogP contribution is 2.54. The van der Waals surface area contributed by atoms with Crippen LogP contribution in [-0.4, -0.2) is 19.9 Å². The molecule has 2 nitrogen and oxygen atoms in total. The third kappa shape index (κ3) is 2.59. The summed E-state index contributed by atoms with van der Waals surface area (Å²) in [6.07, 6.45) is 4.22. The van der Waals surface area contributed by atoms with Crippen LogP contribution in [0.2, 0.25) is 0 Å². The van der Waals surface area contributed by atoms with Crippen LogP contribution in [0.1, 0.15) is 40.2 Å². The lowest BCUT2D eigenvalue weighted by Crippen LogP contribution is -2.08. The SMILES string of the molecule is CN(C)c1ccc(/C=C2\CC3CC3c3ccccc3C2=O)cc1. The number of nitrogens with zero attached hydrogens (tertiary/aromatic N) is 1. The number of carbonyl (C=O) groups excluding carboxylic acids is 1. The molecule has 0 N–H and O–H groups in total. The van der Waals surface area contributed by atoms with Gasteiger partial charge in [-0.05, 0) is 54.0 Å². The fourth-order valence-corrected chi connectivity index (χ4v) is 3.62. The number of rotatable bonds is 2. The normalized spacial score (nSPS) is 23.9. The average molecular weight is 303 g/mol. The molecule has 2 aromatic carbocycles. The van der Waals surface area contributed by atoms with Gasteiger partial charge >= 0.3 is 0 Å². The molecule has 2 unspecified atom stereocenters. The highest BCUT2D eigenvalue weighted by molar-refractivity contribution is 6.12. The Morgan fingerprint density at radius 2 is 1.78 bits per heavy atom. The van der Waals surface area contributed by atoms with Gasteiger partial charge in [-0.25, -0.2) is 0 Å². The van der Waals surface area contributed by atoms with Crippen molar-refractivity contribution in [1.82, 2.24) is 0 Å². The molecule has 0 aliphatic heterocycles. The Hall–Kier alpha value is -2.35. The zero-order valence-electron chi connectivity index (χ0n) is 13.6. The summed E-state index contributed by atoms with van der Waals surface area (Å²) in [5, 5.41) is 0. The maximum Gasteiger partial charge on any atom is 0.189 e. The molecule has 2 heteroatoms. The Kier molecular flexibility index (Phi) is 3.33. The van der Waals surface area contributed by atoms with Gasteiger partial charge in [-0.2, -0.15) is 0 Å². The van der Waals surface area contributed by atoms with Gasteiger partial charge < -0.3 is 4.90 Å². The highest BCUT2D eigenvalue weighted by Gasteiger charge is 2.43. The molecule has 1 fully saturated rings. The molecule has 2 aliphatic carbocycles. The van der Waals surface area contributed by atoms with Crippen LogP contribution in [0.4, 0.5) is 5.69 Å². The van der Waals surface area contributed by atoms with Crippen LogP contribution in [0.5, 0.6) is 0 Å². The van der Waals surface area contributed by atoms with Crippen LogP contribution >= 0.6 is 0 Å². The van der Waals surface area contributed by atoms with E-state index in [4.69, 9.17) is 0 Å². The molecule has 1 saturated carbocycles. The Balaban J connectivity index is 1.70. The lowest BCUT2D eigenvalue weighted by molar-refractivity contribution is 0.103. The summed E-state index contributed by atoms with van der Waals surface area (Å²) in [6, 6.07) is 16.5. The third-order valence-corrected chi connectivity index (χ3v) is 5.05. The second-order valence-electron chi connectivity index (χ2n) is 6.88. The lowest BCUT2D eigenvalue weighted by atomic mass is 9.96. The van der Waals surface area contributed by atoms with Gasteiger partial charge in [0, 0.05) is 30.9 Å². The van der Waals surface area contributed by atoms with E-state index in [0.717, 1.165) is 23.1 Å². The number of anilines is 1. The number of allylic oxidation sites excluding steroid dienone is 1. The number of ketones is 1. The first kappa shape index (κ1) is 14.3. The van der Waals surface area contributed by atoms with Crippen molar-refractivity contribution in [3.05, 3.63) is 70.8 Å². The molecule has 2 aliphatic rings. The van der Waals surface area contributed by atoms with E-state index in [1.54, 1.807) is 0 Å². The number of carbonyl (C=O) groups is 1. The van der Waals surface area contributed by atoms with E-state index in [1.807, 2.05) is 26.2 Å². The molecule has 0 radical (unpaired) electrons. The maximum absolute atomic E-state index is 12.9. The largest absolute Gasteiger partial charge is 0.378 e. The Labute approximate surface area is 137 Å². The van der Waals surface area contributed by atoms with E-state index in [0.29, 0.717) is 11.8 Å². The van der Waals surface area contributed by atoms with Crippen LogP contribution in [0, 0.1) is 5.92 Å². The second-order valence-corrected chi connectivity index (χ2v) is 6.88. The van der Waals surface area contributed by atoms with E-state index in [-0.39, 0.29) is 5.78 Å². The smallest absolute Gasteiger partial charge is 0.189 e. The van der Waals surface area contributed by atoms with Gasteiger partial charge in [-0.15, -0.1) is 0 Å². The standard InChI is InChI=1S/C21H21NO/c1-22(2)17-9-7-14(8-10-17)11-16-12-15-13-20(15)18-5-3-4-6-19(18)21(16)23/h3-11,15,20H,12-13H2,1-2H3/b16-11+. The molecule has 2 atom stereocenters. The summed E-state index contributed by atoms with van der Waals surface area (Å²) in [6.45, 7) is 0. The third-order valence-electron chi connectivity index (χ3n) is 5.05. The van der Waals surface area contributed by atoms with Crippen molar-refractivity contribution in [1.29, 1.82) is 0 Å². The molecule has 23 heavy (non-hydrogen) atoms. The number of hydrogen-bond donors (Lipinski definition) is 0. The van der Waals surface area contributed by atoms with E-state index in [2.05, 4.69) is 47.4 Å². The van der Waals surface area contributed by atoms with Crippen molar-refractivity contribution in [2.24, 2.45) is 5.92 Å². The molecule has 4 rings (SSSR count). The quantitative estimate of drug-likeness (QED) is 0.760. The Morgan fingerprint density at radius 3 is 2.52 bits per heavy atom. The van der Waals surface area contributed by atoms with Crippen molar-refractivity contribution >= 4 is 17.5 Å². The van der Waals surface area contributed by atoms with Gasteiger partial charge in [0.2, 0.25) is 0 Å². The zero-order valence-corrected chi connectivity index (χ0v) is 13.6.